The summed E-state index contributed by atoms with van der Waals surface area (Å²) in [6.45, 7) is 2.01. The minimum Gasteiger partial charge on any atom is -0.478 e. The summed E-state index contributed by atoms with van der Waals surface area (Å²) in [5.41, 5.74) is 3.58. The molecule has 0 aliphatic rings. The molecule has 4 heteroatoms. The van der Waals surface area contributed by atoms with Crippen molar-refractivity contribution in [3.63, 3.8) is 0 Å². The largest absolute Gasteiger partial charge is 0.478 e. The Morgan fingerprint density at radius 3 is 2.52 bits per heavy atom. The second-order valence-electron chi connectivity index (χ2n) is 6.33. The normalized spacial score (nSPS) is 11.7. The van der Waals surface area contributed by atoms with Crippen molar-refractivity contribution < 1.29 is 14.3 Å². The number of carboxylic acids is 1. The van der Waals surface area contributed by atoms with E-state index in [9.17, 15) is 9.90 Å². The predicted octanol–water partition coefficient (Wildman–Crippen LogP) is 5.34. The molecular formula is C23H17NO3. The summed E-state index contributed by atoms with van der Waals surface area (Å²) < 4.78 is 6.09. The second kappa shape index (κ2) is 6.92. The maximum atomic E-state index is 11.2. The van der Waals surface area contributed by atoms with E-state index < -0.39 is 5.97 Å². The topological polar surface area (TPSA) is 62.8 Å². The Bertz CT molecular complexity index is 1210. The first-order valence-corrected chi connectivity index (χ1v) is 8.58. The number of hydrogen-bond acceptors (Lipinski definition) is 3. The van der Waals surface area contributed by atoms with Gasteiger partial charge >= 0.3 is 5.97 Å². The fourth-order valence-electron chi connectivity index (χ4n) is 2.97. The first kappa shape index (κ1) is 16.8. The van der Waals surface area contributed by atoms with E-state index in [2.05, 4.69) is 0 Å². The third-order valence-electron chi connectivity index (χ3n) is 4.30. The van der Waals surface area contributed by atoms with Crippen molar-refractivity contribution in [2.75, 3.05) is 0 Å². The molecule has 0 fully saturated rings. The summed E-state index contributed by atoms with van der Waals surface area (Å²) in [5.74, 6) is -0.263. The van der Waals surface area contributed by atoms with E-state index >= 15 is 0 Å². The molecule has 0 aliphatic heterocycles. The highest BCUT2D eigenvalue weighted by Crippen LogP contribution is 2.23. The highest BCUT2D eigenvalue weighted by molar-refractivity contribution is 5.88. The molecule has 0 amide bonds. The molecule has 132 valence electrons. The maximum Gasteiger partial charge on any atom is 0.335 e. The Morgan fingerprint density at radius 1 is 0.926 bits per heavy atom. The number of aromatic carboxylic acids is 1. The van der Waals surface area contributed by atoms with Crippen molar-refractivity contribution in [1.82, 2.24) is 0 Å². The van der Waals surface area contributed by atoms with E-state index in [0.717, 1.165) is 27.5 Å². The summed E-state index contributed by atoms with van der Waals surface area (Å²) in [6, 6.07) is 24.3. The summed E-state index contributed by atoms with van der Waals surface area (Å²) in [7, 11) is 0. The molecule has 1 aromatic heterocycles. The number of aryl methyl sites for hydroxylation is 1. The molecule has 0 saturated carbocycles. The quantitative estimate of drug-likeness (QED) is 0.539. The Hall–Kier alpha value is -3.66. The highest BCUT2D eigenvalue weighted by atomic mass is 16.4. The monoisotopic (exact) mass is 355 g/mol. The van der Waals surface area contributed by atoms with E-state index in [0.29, 0.717) is 11.4 Å². The van der Waals surface area contributed by atoms with Gasteiger partial charge in [-0.05, 0) is 37.3 Å². The minimum atomic E-state index is -0.971. The van der Waals surface area contributed by atoms with Gasteiger partial charge in [-0.1, -0.05) is 48.0 Å². The van der Waals surface area contributed by atoms with Crippen LogP contribution in [-0.4, -0.2) is 11.1 Å². The lowest BCUT2D eigenvalue weighted by Gasteiger charge is -2.06. The third-order valence-corrected chi connectivity index (χ3v) is 4.30. The average Bonchev–Trinajstić information content (AvgIpc) is 2.69. The van der Waals surface area contributed by atoms with Crippen LogP contribution in [0.2, 0.25) is 0 Å². The molecule has 0 spiro atoms. The van der Waals surface area contributed by atoms with Gasteiger partial charge in [0.15, 0.2) is 0 Å². The van der Waals surface area contributed by atoms with E-state index in [1.807, 2.05) is 61.5 Å². The van der Waals surface area contributed by atoms with Gasteiger partial charge in [0.05, 0.1) is 16.6 Å². The van der Waals surface area contributed by atoms with Gasteiger partial charge in [-0.25, -0.2) is 9.79 Å². The summed E-state index contributed by atoms with van der Waals surface area (Å²) in [5, 5.41) is 10.8. The summed E-state index contributed by atoms with van der Waals surface area (Å²) in [6.07, 6.45) is 0. The zero-order chi connectivity index (χ0) is 18.8. The third kappa shape index (κ3) is 3.51. The van der Waals surface area contributed by atoms with Gasteiger partial charge in [0, 0.05) is 17.0 Å². The lowest BCUT2D eigenvalue weighted by Crippen LogP contribution is -2.04. The summed E-state index contributed by atoms with van der Waals surface area (Å²) in [4.78, 5) is 16.0. The van der Waals surface area contributed by atoms with Gasteiger partial charge < -0.3 is 9.52 Å². The molecule has 4 rings (SSSR count). The number of carbonyl (C=O) groups is 1. The lowest BCUT2D eigenvalue weighted by atomic mass is 10.1. The molecule has 3 aromatic carbocycles. The number of carboxylic acid groups (broad SMARTS) is 1. The van der Waals surface area contributed by atoms with Gasteiger partial charge in [-0.3, -0.25) is 0 Å². The smallest absolute Gasteiger partial charge is 0.335 e. The first-order valence-electron chi connectivity index (χ1n) is 8.58. The highest BCUT2D eigenvalue weighted by Gasteiger charge is 2.07. The number of fused-ring (bicyclic) bond motifs is 1. The molecule has 4 aromatic rings. The zero-order valence-corrected chi connectivity index (χ0v) is 14.7. The van der Waals surface area contributed by atoms with Crippen LogP contribution in [0.3, 0.4) is 0 Å². The molecule has 4 nitrogen and oxygen atoms in total. The van der Waals surface area contributed by atoms with Crippen LogP contribution in [0.25, 0.3) is 22.3 Å². The number of hydrogen-bond donors (Lipinski definition) is 1. The number of rotatable bonds is 3. The van der Waals surface area contributed by atoms with E-state index in [-0.39, 0.29) is 5.56 Å². The Kier molecular flexibility index (Phi) is 4.30. The predicted molar refractivity (Wildman–Crippen MR) is 105 cm³/mol. The van der Waals surface area contributed by atoms with Crippen LogP contribution in [0.1, 0.15) is 15.9 Å². The van der Waals surface area contributed by atoms with Crippen molar-refractivity contribution in [1.29, 1.82) is 0 Å². The maximum absolute atomic E-state index is 11.2. The SMILES string of the molecule is Cc1ccc2oc(-c3ccccc3)cc(=Nc3cccc(C(=O)O)c3)c2c1. The van der Waals surface area contributed by atoms with Gasteiger partial charge in [-0.15, -0.1) is 0 Å². The molecule has 0 bridgehead atoms. The first-order chi connectivity index (χ1) is 13.1. The second-order valence-corrected chi connectivity index (χ2v) is 6.33. The van der Waals surface area contributed by atoms with Crippen LogP contribution in [0.5, 0.6) is 0 Å². The molecule has 0 unspecified atom stereocenters. The van der Waals surface area contributed by atoms with Crippen molar-refractivity contribution in [2.45, 2.75) is 6.92 Å². The minimum absolute atomic E-state index is 0.209. The van der Waals surface area contributed by atoms with Crippen molar-refractivity contribution in [3.05, 3.63) is 95.3 Å². The Balaban J connectivity index is 1.99. The molecule has 0 saturated heterocycles. The zero-order valence-electron chi connectivity index (χ0n) is 14.7. The molecular weight excluding hydrogens is 338 g/mol. The van der Waals surface area contributed by atoms with E-state index in [1.54, 1.807) is 24.3 Å². The standard InChI is InChI=1S/C23H17NO3/c1-15-10-11-21-19(12-15)20(14-22(27-21)16-6-3-2-4-7-16)24-18-9-5-8-17(13-18)23(25)26/h2-14H,1H3,(H,25,26). The van der Waals surface area contributed by atoms with Crippen molar-refractivity contribution >= 4 is 22.6 Å². The molecule has 0 atom stereocenters. The van der Waals surface area contributed by atoms with Gasteiger partial charge in [0.2, 0.25) is 0 Å². The Labute approximate surface area is 156 Å². The van der Waals surface area contributed by atoms with Crippen LogP contribution >= 0.6 is 0 Å². The Morgan fingerprint density at radius 2 is 1.74 bits per heavy atom. The van der Waals surface area contributed by atoms with Gasteiger partial charge in [-0.2, -0.15) is 0 Å². The van der Waals surface area contributed by atoms with Crippen LogP contribution in [0.15, 0.2) is 88.3 Å². The average molecular weight is 355 g/mol. The van der Waals surface area contributed by atoms with Crippen LogP contribution < -0.4 is 5.36 Å². The molecule has 0 radical (unpaired) electrons. The number of benzene rings is 3. The fourth-order valence-corrected chi connectivity index (χ4v) is 2.97. The van der Waals surface area contributed by atoms with Crippen LogP contribution in [0, 0.1) is 6.92 Å². The van der Waals surface area contributed by atoms with E-state index in [4.69, 9.17) is 9.41 Å². The van der Waals surface area contributed by atoms with Crippen molar-refractivity contribution in [2.24, 2.45) is 4.99 Å². The molecule has 1 N–H and O–H groups in total. The van der Waals surface area contributed by atoms with Crippen LogP contribution in [-0.2, 0) is 0 Å². The van der Waals surface area contributed by atoms with Gasteiger partial charge in [0.25, 0.3) is 0 Å². The number of nitrogens with zero attached hydrogens (tertiary/aromatic N) is 1. The molecule has 1 heterocycles. The molecule has 27 heavy (non-hydrogen) atoms. The van der Waals surface area contributed by atoms with Gasteiger partial charge in [0.1, 0.15) is 11.3 Å². The van der Waals surface area contributed by atoms with Crippen molar-refractivity contribution in [3.8, 4) is 11.3 Å². The van der Waals surface area contributed by atoms with E-state index in [1.165, 1.54) is 0 Å². The summed E-state index contributed by atoms with van der Waals surface area (Å²) >= 11 is 0. The molecule has 0 aliphatic carbocycles. The fraction of sp³-hybridized carbons (Fsp3) is 0.0435. The van der Waals surface area contributed by atoms with Crippen LogP contribution in [0.4, 0.5) is 5.69 Å². The lowest BCUT2D eigenvalue weighted by molar-refractivity contribution is 0.0697.